The fourth-order valence-electron chi connectivity index (χ4n) is 1.81. The molecule has 1 amide bonds. The van der Waals surface area contributed by atoms with E-state index in [2.05, 4.69) is 17.6 Å². The molecule has 22 heavy (non-hydrogen) atoms. The summed E-state index contributed by atoms with van der Waals surface area (Å²) in [6.45, 7) is 7.55. The molecule has 0 aliphatic rings. The zero-order valence-corrected chi connectivity index (χ0v) is 13.8. The number of aliphatic hydroxyl groups excluding tert-OH is 1. The first-order valence-corrected chi connectivity index (χ1v) is 7.95. The number of aliphatic hydroxyl groups is 1. The summed E-state index contributed by atoms with van der Waals surface area (Å²) < 4.78 is 5.51. The van der Waals surface area contributed by atoms with Crippen LogP contribution in [0.5, 0.6) is 5.75 Å². The molecular formula is C17H28N2O3. The highest BCUT2D eigenvalue weighted by Gasteiger charge is 2.07. The minimum absolute atomic E-state index is 0.0684. The van der Waals surface area contributed by atoms with Crippen LogP contribution in [0.4, 0.5) is 0 Å². The highest BCUT2D eigenvalue weighted by atomic mass is 16.5. The number of unbranched alkanes of at least 4 members (excludes halogenated alkanes) is 1. The third kappa shape index (κ3) is 7.43. The zero-order chi connectivity index (χ0) is 16.4. The Bertz CT molecular complexity index is 432. The van der Waals surface area contributed by atoms with E-state index in [0.717, 1.165) is 12.8 Å². The summed E-state index contributed by atoms with van der Waals surface area (Å²) in [6.07, 6.45) is 1.48. The number of carbonyl (C=O) groups excluding carboxylic acids is 1. The summed E-state index contributed by atoms with van der Waals surface area (Å²) in [4.78, 5) is 11.8. The van der Waals surface area contributed by atoms with E-state index in [1.165, 1.54) is 0 Å². The van der Waals surface area contributed by atoms with Gasteiger partial charge in [-0.25, -0.2) is 0 Å². The maximum atomic E-state index is 11.8. The SMILES string of the molecule is CCCCNC(=O)c1ccc(OC[C@@H](O)CNC(C)C)cc1. The summed E-state index contributed by atoms with van der Waals surface area (Å²) in [5, 5.41) is 15.8. The van der Waals surface area contributed by atoms with Gasteiger partial charge in [-0.15, -0.1) is 0 Å². The van der Waals surface area contributed by atoms with Crippen molar-refractivity contribution >= 4 is 5.91 Å². The fourth-order valence-corrected chi connectivity index (χ4v) is 1.81. The average molecular weight is 308 g/mol. The van der Waals surface area contributed by atoms with Crippen LogP contribution >= 0.6 is 0 Å². The minimum atomic E-state index is -0.556. The third-order valence-corrected chi connectivity index (χ3v) is 3.14. The van der Waals surface area contributed by atoms with Gasteiger partial charge in [-0.1, -0.05) is 27.2 Å². The number of carbonyl (C=O) groups is 1. The molecule has 0 bridgehead atoms. The predicted octanol–water partition coefficient (Wildman–Crippen LogP) is 1.95. The summed E-state index contributed by atoms with van der Waals surface area (Å²) in [5.74, 6) is 0.579. The Hall–Kier alpha value is -1.59. The van der Waals surface area contributed by atoms with Crippen LogP contribution < -0.4 is 15.4 Å². The molecule has 0 aliphatic carbocycles. The Morgan fingerprint density at radius 2 is 1.95 bits per heavy atom. The Labute approximate surface area is 133 Å². The smallest absolute Gasteiger partial charge is 0.251 e. The van der Waals surface area contributed by atoms with Crippen molar-refractivity contribution in [3.63, 3.8) is 0 Å². The van der Waals surface area contributed by atoms with Crippen LogP contribution in [0.2, 0.25) is 0 Å². The first-order chi connectivity index (χ1) is 10.5. The van der Waals surface area contributed by atoms with Crippen LogP contribution in [0.1, 0.15) is 44.0 Å². The van der Waals surface area contributed by atoms with Crippen LogP contribution in [0.3, 0.4) is 0 Å². The van der Waals surface area contributed by atoms with Gasteiger partial charge >= 0.3 is 0 Å². The molecule has 0 saturated heterocycles. The lowest BCUT2D eigenvalue weighted by Gasteiger charge is -2.15. The maximum absolute atomic E-state index is 11.8. The van der Waals surface area contributed by atoms with E-state index in [1.807, 2.05) is 13.8 Å². The first kappa shape index (κ1) is 18.5. The molecule has 0 spiro atoms. The monoisotopic (exact) mass is 308 g/mol. The van der Waals surface area contributed by atoms with Gasteiger partial charge in [0.1, 0.15) is 18.5 Å². The quantitative estimate of drug-likeness (QED) is 0.578. The Morgan fingerprint density at radius 1 is 1.27 bits per heavy atom. The zero-order valence-electron chi connectivity index (χ0n) is 13.8. The topological polar surface area (TPSA) is 70.6 Å². The van der Waals surface area contributed by atoms with Crippen molar-refractivity contribution in [2.75, 3.05) is 19.7 Å². The van der Waals surface area contributed by atoms with Crippen molar-refractivity contribution in [3.8, 4) is 5.75 Å². The number of ether oxygens (including phenoxy) is 1. The largest absolute Gasteiger partial charge is 0.491 e. The maximum Gasteiger partial charge on any atom is 0.251 e. The molecule has 0 heterocycles. The number of benzene rings is 1. The van der Waals surface area contributed by atoms with Crippen LogP contribution in [0.25, 0.3) is 0 Å². The molecule has 0 aliphatic heterocycles. The molecule has 1 rings (SSSR count). The molecule has 5 heteroatoms. The molecule has 0 radical (unpaired) electrons. The molecule has 124 valence electrons. The van der Waals surface area contributed by atoms with Gasteiger partial charge in [0.2, 0.25) is 0 Å². The average Bonchev–Trinajstić information content (AvgIpc) is 2.51. The lowest BCUT2D eigenvalue weighted by Crippen LogP contribution is -2.35. The van der Waals surface area contributed by atoms with Gasteiger partial charge in [-0.05, 0) is 30.7 Å². The standard InChI is InChI=1S/C17H28N2O3/c1-4-5-10-18-17(21)14-6-8-16(9-7-14)22-12-15(20)11-19-13(2)3/h6-9,13,15,19-20H,4-5,10-12H2,1-3H3,(H,18,21)/t15-/m0/s1. The van der Waals surface area contributed by atoms with E-state index in [9.17, 15) is 9.90 Å². The van der Waals surface area contributed by atoms with Gasteiger partial charge < -0.3 is 20.5 Å². The number of rotatable bonds is 10. The third-order valence-electron chi connectivity index (χ3n) is 3.14. The van der Waals surface area contributed by atoms with Crippen LogP contribution in [0.15, 0.2) is 24.3 Å². The normalized spacial score (nSPS) is 12.2. The Kier molecular flexibility index (Phi) is 8.55. The molecule has 0 unspecified atom stereocenters. The van der Waals surface area contributed by atoms with Gasteiger partial charge in [0.15, 0.2) is 0 Å². The van der Waals surface area contributed by atoms with Crippen molar-refractivity contribution in [2.45, 2.75) is 45.8 Å². The molecule has 0 aromatic heterocycles. The van der Waals surface area contributed by atoms with Gasteiger partial charge in [0.05, 0.1) is 0 Å². The van der Waals surface area contributed by atoms with Crippen molar-refractivity contribution < 1.29 is 14.6 Å². The summed E-state index contributed by atoms with van der Waals surface area (Å²) >= 11 is 0. The van der Waals surface area contributed by atoms with E-state index in [0.29, 0.717) is 30.4 Å². The summed E-state index contributed by atoms with van der Waals surface area (Å²) in [5.41, 5.74) is 0.616. The molecule has 0 saturated carbocycles. The van der Waals surface area contributed by atoms with Crippen molar-refractivity contribution in [1.82, 2.24) is 10.6 Å². The molecule has 1 aromatic carbocycles. The molecule has 5 nitrogen and oxygen atoms in total. The molecule has 1 atom stereocenters. The number of amides is 1. The Balaban J connectivity index is 2.36. The number of hydrogen-bond acceptors (Lipinski definition) is 4. The van der Waals surface area contributed by atoms with Gasteiger partial charge in [-0.3, -0.25) is 4.79 Å². The Morgan fingerprint density at radius 3 is 2.55 bits per heavy atom. The van der Waals surface area contributed by atoms with Crippen LogP contribution in [0, 0.1) is 0 Å². The van der Waals surface area contributed by atoms with Gasteiger partial charge in [-0.2, -0.15) is 0 Å². The van der Waals surface area contributed by atoms with Gasteiger partial charge in [0.25, 0.3) is 5.91 Å². The second-order valence-corrected chi connectivity index (χ2v) is 5.66. The lowest BCUT2D eigenvalue weighted by atomic mass is 10.2. The van der Waals surface area contributed by atoms with E-state index < -0.39 is 6.10 Å². The van der Waals surface area contributed by atoms with Gasteiger partial charge in [0, 0.05) is 24.7 Å². The van der Waals surface area contributed by atoms with E-state index in [4.69, 9.17) is 4.74 Å². The fraction of sp³-hybridized carbons (Fsp3) is 0.588. The lowest BCUT2D eigenvalue weighted by molar-refractivity contribution is 0.0952. The van der Waals surface area contributed by atoms with Crippen LogP contribution in [-0.4, -0.2) is 42.9 Å². The summed E-state index contributed by atoms with van der Waals surface area (Å²) in [7, 11) is 0. The van der Waals surface area contributed by atoms with E-state index in [-0.39, 0.29) is 12.5 Å². The molecule has 3 N–H and O–H groups in total. The van der Waals surface area contributed by atoms with Crippen LogP contribution in [-0.2, 0) is 0 Å². The number of hydrogen-bond donors (Lipinski definition) is 3. The van der Waals surface area contributed by atoms with Crippen molar-refractivity contribution in [2.24, 2.45) is 0 Å². The summed E-state index contributed by atoms with van der Waals surface area (Å²) in [6, 6.07) is 7.29. The van der Waals surface area contributed by atoms with E-state index >= 15 is 0 Å². The second kappa shape index (κ2) is 10.2. The van der Waals surface area contributed by atoms with Crippen molar-refractivity contribution in [3.05, 3.63) is 29.8 Å². The predicted molar refractivity (Wildman–Crippen MR) is 88.3 cm³/mol. The van der Waals surface area contributed by atoms with Crippen molar-refractivity contribution in [1.29, 1.82) is 0 Å². The first-order valence-electron chi connectivity index (χ1n) is 7.95. The number of nitrogens with one attached hydrogen (secondary N) is 2. The molecule has 0 fully saturated rings. The highest BCUT2D eigenvalue weighted by molar-refractivity contribution is 5.94. The highest BCUT2D eigenvalue weighted by Crippen LogP contribution is 2.12. The molecular weight excluding hydrogens is 280 g/mol. The minimum Gasteiger partial charge on any atom is -0.491 e. The van der Waals surface area contributed by atoms with E-state index in [1.54, 1.807) is 24.3 Å². The second-order valence-electron chi connectivity index (χ2n) is 5.66. The molecule has 1 aromatic rings.